The van der Waals surface area contributed by atoms with Gasteiger partial charge in [-0.15, -0.1) is 0 Å². The van der Waals surface area contributed by atoms with Crippen molar-refractivity contribution in [3.63, 3.8) is 0 Å². The molecule has 1 aromatic carbocycles. The van der Waals surface area contributed by atoms with E-state index in [9.17, 15) is 4.79 Å². The van der Waals surface area contributed by atoms with Crippen LogP contribution in [0, 0.1) is 0 Å². The largest absolute Gasteiger partial charge is 0.496 e. The van der Waals surface area contributed by atoms with Gasteiger partial charge in [-0.1, -0.05) is 26.0 Å². The Labute approximate surface area is 94.1 Å². The highest BCUT2D eigenvalue weighted by molar-refractivity contribution is 5.90. The van der Waals surface area contributed by atoms with Gasteiger partial charge in [-0.2, -0.15) is 0 Å². The van der Waals surface area contributed by atoms with Crippen molar-refractivity contribution in [2.45, 2.75) is 19.8 Å². The third kappa shape index (κ3) is 1.58. The lowest BCUT2D eigenvalue weighted by atomic mass is 9.98. The molecular formula is C13H15NO2. The van der Waals surface area contributed by atoms with Crippen molar-refractivity contribution in [3.8, 4) is 5.75 Å². The van der Waals surface area contributed by atoms with Crippen molar-refractivity contribution in [1.82, 2.24) is 4.98 Å². The van der Waals surface area contributed by atoms with Crippen LogP contribution in [0.1, 0.15) is 25.3 Å². The molecule has 1 aromatic heterocycles. The van der Waals surface area contributed by atoms with Crippen LogP contribution in [0.5, 0.6) is 5.75 Å². The molecule has 3 heteroatoms. The van der Waals surface area contributed by atoms with E-state index in [1.165, 1.54) is 0 Å². The SMILES string of the molecule is COc1cccc2c(C(C)C)c[nH]c(=O)c12. The summed E-state index contributed by atoms with van der Waals surface area (Å²) in [7, 11) is 1.58. The van der Waals surface area contributed by atoms with E-state index in [1.54, 1.807) is 13.3 Å². The molecule has 16 heavy (non-hydrogen) atoms. The topological polar surface area (TPSA) is 42.1 Å². The third-order valence-electron chi connectivity index (χ3n) is 2.76. The van der Waals surface area contributed by atoms with Crippen LogP contribution in [-0.4, -0.2) is 12.1 Å². The summed E-state index contributed by atoms with van der Waals surface area (Å²) >= 11 is 0. The molecule has 0 saturated heterocycles. The first-order chi connectivity index (χ1) is 7.65. The van der Waals surface area contributed by atoms with Crippen LogP contribution >= 0.6 is 0 Å². The predicted octanol–water partition coefficient (Wildman–Crippen LogP) is 2.66. The number of hydrogen-bond donors (Lipinski definition) is 1. The van der Waals surface area contributed by atoms with E-state index < -0.39 is 0 Å². The minimum atomic E-state index is -0.100. The first kappa shape index (κ1) is 10.7. The smallest absolute Gasteiger partial charge is 0.259 e. The maximum absolute atomic E-state index is 11.8. The molecule has 0 fully saturated rings. The number of methoxy groups -OCH3 is 1. The first-order valence-electron chi connectivity index (χ1n) is 5.33. The molecule has 0 radical (unpaired) electrons. The number of aromatic nitrogens is 1. The molecule has 0 unspecified atom stereocenters. The fourth-order valence-electron chi connectivity index (χ4n) is 1.95. The second-order valence-electron chi connectivity index (χ2n) is 4.11. The number of ether oxygens (including phenoxy) is 1. The molecule has 2 rings (SSSR count). The average molecular weight is 217 g/mol. The van der Waals surface area contributed by atoms with Crippen LogP contribution in [0.25, 0.3) is 10.8 Å². The second kappa shape index (κ2) is 4.00. The number of fused-ring (bicyclic) bond motifs is 1. The zero-order valence-corrected chi connectivity index (χ0v) is 9.70. The monoisotopic (exact) mass is 217 g/mol. The van der Waals surface area contributed by atoms with Crippen LogP contribution in [-0.2, 0) is 0 Å². The maximum Gasteiger partial charge on any atom is 0.259 e. The molecule has 0 amide bonds. The Morgan fingerprint density at radius 2 is 2.06 bits per heavy atom. The summed E-state index contributed by atoms with van der Waals surface area (Å²) in [6.07, 6.45) is 1.79. The van der Waals surface area contributed by atoms with E-state index in [0.717, 1.165) is 10.9 Å². The van der Waals surface area contributed by atoms with Crippen molar-refractivity contribution in [1.29, 1.82) is 0 Å². The molecule has 0 bridgehead atoms. The van der Waals surface area contributed by atoms with Crippen molar-refractivity contribution in [3.05, 3.63) is 40.3 Å². The maximum atomic E-state index is 11.8. The van der Waals surface area contributed by atoms with E-state index in [4.69, 9.17) is 4.74 Å². The van der Waals surface area contributed by atoms with Crippen molar-refractivity contribution in [2.75, 3.05) is 7.11 Å². The zero-order chi connectivity index (χ0) is 11.7. The summed E-state index contributed by atoms with van der Waals surface area (Å²) in [5.41, 5.74) is 1.03. The first-order valence-corrected chi connectivity index (χ1v) is 5.33. The standard InChI is InChI=1S/C13H15NO2/c1-8(2)10-7-14-13(15)12-9(10)5-4-6-11(12)16-3/h4-8H,1-3H3,(H,14,15). The molecule has 0 aliphatic carbocycles. The summed E-state index contributed by atoms with van der Waals surface area (Å²) in [5, 5.41) is 1.61. The number of hydrogen-bond acceptors (Lipinski definition) is 2. The second-order valence-corrected chi connectivity index (χ2v) is 4.11. The number of pyridine rings is 1. The average Bonchev–Trinajstić information content (AvgIpc) is 2.28. The summed E-state index contributed by atoms with van der Waals surface area (Å²) in [4.78, 5) is 14.6. The van der Waals surface area contributed by atoms with Crippen LogP contribution in [0.4, 0.5) is 0 Å². The Bertz CT molecular complexity index is 570. The van der Waals surface area contributed by atoms with Gasteiger partial charge < -0.3 is 9.72 Å². The summed E-state index contributed by atoms with van der Waals surface area (Å²) in [6.45, 7) is 4.21. The Hall–Kier alpha value is -1.77. The lowest BCUT2D eigenvalue weighted by Crippen LogP contribution is -2.09. The molecule has 0 aliphatic heterocycles. The van der Waals surface area contributed by atoms with Crippen LogP contribution in [0.15, 0.2) is 29.2 Å². The lowest BCUT2D eigenvalue weighted by Gasteiger charge is -2.11. The number of nitrogens with one attached hydrogen (secondary N) is 1. The van der Waals surface area contributed by atoms with Gasteiger partial charge >= 0.3 is 0 Å². The van der Waals surface area contributed by atoms with E-state index in [1.807, 2.05) is 18.2 Å². The van der Waals surface area contributed by atoms with E-state index in [2.05, 4.69) is 18.8 Å². The molecule has 2 aromatic rings. The van der Waals surface area contributed by atoms with Gasteiger partial charge in [0.1, 0.15) is 5.75 Å². The van der Waals surface area contributed by atoms with Crippen LogP contribution in [0.2, 0.25) is 0 Å². The summed E-state index contributed by atoms with van der Waals surface area (Å²) in [6, 6.07) is 5.68. The minimum Gasteiger partial charge on any atom is -0.496 e. The lowest BCUT2D eigenvalue weighted by molar-refractivity contribution is 0.419. The normalized spacial score (nSPS) is 11.0. The van der Waals surface area contributed by atoms with Gasteiger partial charge in [0.25, 0.3) is 5.56 Å². The molecule has 84 valence electrons. The minimum absolute atomic E-state index is 0.100. The molecular weight excluding hydrogens is 202 g/mol. The highest BCUT2D eigenvalue weighted by atomic mass is 16.5. The van der Waals surface area contributed by atoms with Gasteiger partial charge in [0.15, 0.2) is 0 Å². The van der Waals surface area contributed by atoms with Gasteiger partial charge in [0.05, 0.1) is 12.5 Å². The zero-order valence-electron chi connectivity index (χ0n) is 9.70. The Balaban J connectivity index is 2.91. The van der Waals surface area contributed by atoms with Crippen LogP contribution in [0.3, 0.4) is 0 Å². The highest BCUT2D eigenvalue weighted by Crippen LogP contribution is 2.27. The predicted molar refractivity (Wildman–Crippen MR) is 65.2 cm³/mol. The fourth-order valence-corrected chi connectivity index (χ4v) is 1.95. The number of benzene rings is 1. The molecule has 0 aliphatic rings. The van der Waals surface area contributed by atoms with Crippen LogP contribution < -0.4 is 10.3 Å². The highest BCUT2D eigenvalue weighted by Gasteiger charge is 2.11. The van der Waals surface area contributed by atoms with Gasteiger partial charge in [-0.3, -0.25) is 4.79 Å². The molecule has 0 spiro atoms. The third-order valence-corrected chi connectivity index (χ3v) is 2.76. The van der Waals surface area contributed by atoms with E-state index >= 15 is 0 Å². The Morgan fingerprint density at radius 3 is 2.69 bits per heavy atom. The quantitative estimate of drug-likeness (QED) is 0.840. The van der Waals surface area contributed by atoms with Crippen molar-refractivity contribution < 1.29 is 4.74 Å². The van der Waals surface area contributed by atoms with Crippen molar-refractivity contribution in [2.24, 2.45) is 0 Å². The Kier molecular flexibility index (Phi) is 2.69. The fraction of sp³-hybridized carbons (Fsp3) is 0.308. The molecule has 0 atom stereocenters. The molecule has 3 nitrogen and oxygen atoms in total. The van der Waals surface area contributed by atoms with Crippen molar-refractivity contribution >= 4 is 10.8 Å². The number of H-pyrrole nitrogens is 1. The molecule has 0 saturated carbocycles. The number of aromatic amines is 1. The van der Waals surface area contributed by atoms with Gasteiger partial charge in [0.2, 0.25) is 0 Å². The Morgan fingerprint density at radius 1 is 1.31 bits per heavy atom. The van der Waals surface area contributed by atoms with E-state index in [0.29, 0.717) is 17.1 Å². The summed E-state index contributed by atoms with van der Waals surface area (Å²) in [5.74, 6) is 0.993. The summed E-state index contributed by atoms with van der Waals surface area (Å²) < 4.78 is 5.22. The molecule has 1 heterocycles. The van der Waals surface area contributed by atoms with E-state index in [-0.39, 0.29) is 5.56 Å². The molecule has 1 N–H and O–H groups in total. The number of rotatable bonds is 2. The van der Waals surface area contributed by atoms with Gasteiger partial charge in [-0.05, 0) is 22.9 Å². The van der Waals surface area contributed by atoms with Gasteiger partial charge in [0, 0.05) is 6.20 Å². The van der Waals surface area contributed by atoms with Gasteiger partial charge in [-0.25, -0.2) is 0 Å².